The molecule has 10 heteroatoms. The number of fused-ring (bicyclic) bond motifs is 4. The van der Waals surface area contributed by atoms with Gasteiger partial charge in [-0.25, -0.2) is 14.6 Å². The average Bonchev–Trinajstić information content (AvgIpc) is 3.50. The molecule has 248 valence electrons. The molecule has 4 aliphatic rings. The lowest BCUT2D eigenvalue weighted by molar-refractivity contribution is 0.0870. The molecule has 0 atom stereocenters. The van der Waals surface area contributed by atoms with Crippen LogP contribution in [0.15, 0.2) is 48.7 Å². The van der Waals surface area contributed by atoms with Gasteiger partial charge in [-0.05, 0) is 102 Å². The summed E-state index contributed by atoms with van der Waals surface area (Å²) in [6.07, 6.45) is 13.1. The molecule has 4 aromatic rings. The minimum Gasteiger partial charge on any atom is -0.408 e. The molecule has 4 saturated heterocycles. The maximum absolute atomic E-state index is 13.3. The second-order valence-electron chi connectivity index (χ2n) is 13.9. The first-order chi connectivity index (χ1) is 23.1. The number of likely N-dealkylation sites (tertiary alicyclic amines) is 4. The number of ether oxygens (including phenoxy) is 2. The van der Waals surface area contributed by atoms with E-state index in [-0.39, 0.29) is 12.2 Å². The summed E-state index contributed by atoms with van der Waals surface area (Å²) in [4.78, 5) is 40.5. The van der Waals surface area contributed by atoms with Crippen molar-refractivity contribution < 1.29 is 19.1 Å². The van der Waals surface area contributed by atoms with Gasteiger partial charge in [0.1, 0.15) is 5.52 Å². The Balaban J connectivity index is 0.968. The van der Waals surface area contributed by atoms with Crippen LogP contribution in [0.5, 0.6) is 11.6 Å². The van der Waals surface area contributed by atoms with E-state index >= 15 is 0 Å². The number of carbonyl (C=O) groups is 2. The summed E-state index contributed by atoms with van der Waals surface area (Å²) >= 11 is 0. The Labute approximate surface area is 276 Å². The minimum absolute atomic E-state index is 0.306. The molecule has 4 fully saturated rings. The lowest BCUT2D eigenvalue weighted by atomic mass is 10.0. The van der Waals surface area contributed by atoms with Crippen LogP contribution < -0.4 is 9.47 Å². The molecular formula is C37H46N6O4. The maximum atomic E-state index is 13.3. The molecule has 0 saturated carbocycles. The fraction of sp³-hybridized carbons (Fsp3) is 0.541. The summed E-state index contributed by atoms with van der Waals surface area (Å²) in [6.45, 7) is 7.59. The summed E-state index contributed by atoms with van der Waals surface area (Å²) in [7, 11) is 0. The normalized spacial score (nSPS) is 21.1. The summed E-state index contributed by atoms with van der Waals surface area (Å²) in [5, 5.41) is 1.81. The van der Waals surface area contributed by atoms with Gasteiger partial charge in [-0.3, -0.25) is 4.40 Å². The van der Waals surface area contributed by atoms with Crippen LogP contribution in [0.1, 0.15) is 64.2 Å². The van der Waals surface area contributed by atoms with Crippen LogP contribution in [-0.4, -0.2) is 106 Å². The topological polar surface area (TPSA) is 82.9 Å². The van der Waals surface area contributed by atoms with E-state index < -0.39 is 0 Å². The number of para-hydroxylation sites is 1. The lowest BCUT2D eigenvalue weighted by Crippen LogP contribution is -2.48. The third kappa shape index (κ3) is 6.25. The first-order valence-electron chi connectivity index (χ1n) is 17.9. The van der Waals surface area contributed by atoms with Gasteiger partial charge in [0, 0.05) is 55.2 Å². The highest BCUT2D eigenvalue weighted by Crippen LogP contribution is 2.32. The van der Waals surface area contributed by atoms with Crippen LogP contribution in [-0.2, 0) is 0 Å². The number of amides is 2. The fourth-order valence-corrected chi connectivity index (χ4v) is 8.33. The van der Waals surface area contributed by atoms with E-state index in [1.807, 2.05) is 56.8 Å². The number of carbonyl (C=O) groups excluding carboxylic acids is 2. The van der Waals surface area contributed by atoms with E-state index in [2.05, 4.69) is 15.9 Å². The van der Waals surface area contributed by atoms with Crippen molar-refractivity contribution in [2.45, 2.75) is 76.3 Å². The molecule has 7 heterocycles. The highest BCUT2D eigenvalue weighted by atomic mass is 16.6. The van der Waals surface area contributed by atoms with Crippen molar-refractivity contribution in [2.24, 2.45) is 0 Å². The van der Waals surface area contributed by atoms with Gasteiger partial charge >= 0.3 is 12.2 Å². The number of nitrogens with zero attached hydrogens (tertiary/aromatic N) is 6. The summed E-state index contributed by atoms with van der Waals surface area (Å²) in [6, 6.07) is 14.6. The zero-order valence-corrected chi connectivity index (χ0v) is 27.3. The highest BCUT2D eigenvalue weighted by Gasteiger charge is 2.30. The number of benzene rings is 1. The van der Waals surface area contributed by atoms with E-state index in [0.717, 1.165) is 47.5 Å². The zero-order valence-electron chi connectivity index (χ0n) is 27.3. The van der Waals surface area contributed by atoms with Gasteiger partial charge in [-0.15, -0.1) is 0 Å². The average molecular weight is 639 g/mol. The summed E-state index contributed by atoms with van der Waals surface area (Å²) < 4.78 is 13.9. The van der Waals surface area contributed by atoms with E-state index in [9.17, 15) is 9.59 Å². The third-order valence-electron chi connectivity index (χ3n) is 11.0. The van der Waals surface area contributed by atoms with Crippen molar-refractivity contribution in [3.05, 3.63) is 48.7 Å². The summed E-state index contributed by atoms with van der Waals surface area (Å²) in [5.74, 6) is 0.926. The third-order valence-corrected chi connectivity index (χ3v) is 11.0. The van der Waals surface area contributed by atoms with Gasteiger partial charge in [0.05, 0.1) is 11.0 Å². The Hall–Kier alpha value is -3.89. The van der Waals surface area contributed by atoms with E-state index in [4.69, 9.17) is 14.5 Å². The van der Waals surface area contributed by atoms with E-state index in [1.165, 1.54) is 64.7 Å². The standard InChI is InChI=1S/C37H46N6O4/c44-36(41-21-13-29(14-22-41)39-17-3-1-4-18-39)46-32-11-7-9-27-25-28-26-43-31(34(28)38-35(27)32)10-8-12-33(43)47-37(45)42-23-15-30(16-24-42)40-19-5-2-6-20-40/h7-12,25-26,29-30H,1-6,13-24H2. The van der Waals surface area contributed by atoms with Crippen molar-refractivity contribution in [1.82, 2.24) is 29.0 Å². The van der Waals surface area contributed by atoms with Crippen LogP contribution in [0, 0.1) is 0 Å². The molecule has 3 aromatic heterocycles. The van der Waals surface area contributed by atoms with Gasteiger partial charge in [0.2, 0.25) is 5.88 Å². The predicted octanol–water partition coefficient (Wildman–Crippen LogP) is 6.54. The van der Waals surface area contributed by atoms with Crippen LogP contribution >= 0.6 is 0 Å². The number of pyridine rings is 2. The largest absolute Gasteiger partial charge is 0.416 e. The molecule has 0 spiro atoms. The predicted molar refractivity (Wildman–Crippen MR) is 182 cm³/mol. The first-order valence-corrected chi connectivity index (χ1v) is 17.9. The second kappa shape index (κ2) is 13.3. The van der Waals surface area contributed by atoms with Crippen molar-refractivity contribution in [1.29, 1.82) is 0 Å². The molecule has 47 heavy (non-hydrogen) atoms. The van der Waals surface area contributed by atoms with Crippen LogP contribution in [0.4, 0.5) is 9.59 Å². The zero-order chi connectivity index (χ0) is 31.7. The molecule has 10 nitrogen and oxygen atoms in total. The number of aromatic nitrogens is 2. The Morgan fingerprint density at radius 3 is 1.81 bits per heavy atom. The number of hydrogen-bond donors (Lipinski definition) is 0. The molecule has 0 radical (unpaired) electrons. The molecule has 1 aromatic carbocycles. The number of piperidine rings is 4. The Kier molecular flexibility index (Phi) is 8.62. The van der Waals surface area contributed by atoms with Gasteiger partial charge in [0.15, 0.2) is 5.75 Å². The van der Waals surface area contributed by atoms with Crippen molar-refractivity contribution in [2.75, 3.05) is 52.4 Å². The lowest BCUT2D eigenvalue weighted by Gasteiger charge is -2.39. The molecule has 0 aliphatic carbocycles. The molecule has 0 bridgehead atoms. The molecule has 8 rings (SSSR count). The van der Waals surface area contributed by atoms with Gasteiger partial charge in [-0.1, -0.05) is 31.0 Å². The quantitative estimate of drug-likeness (QED) is 0.251. The van der Waals surface area contributed by atoms with Gasteiger partial charge in [0.25, 0.3) is 0 Å². The van der Waals surface area contributed by atoms with Crippen LogP contribution in [0.3, 0.4) is 0 Å². The van der Waals surface area contributed by atoms with Gasteiger partial charge in [-0.2, -0.15) is 0 Å². The Bertz CT molecular complexity index is 1740. The van der Waals surface area contributed by atoms with E-state index in [1.54, 1.807) is 0 Å². The Morgan fingerprint density at radius 1 is 0.617 bits per heavy atom. The maximum Gasteiger partial charge on any atom is 0.416 e. The monoisotopic (exact) mass is 638 g/mol. The molecule has 0 unspecified atom stereocenters. The molecule has 0 N–H and O–H groups in total. The highest BCUT2D eigenvalue weighted by molar-refractivity contribution is 6.02. The smallest absolute Gasteiger partial charge is 0.408 e. The SMILES string of the molecule is O=C(Oc1cccc2cc3cn4c(OC(=O)N5CCC(N6CCCCC6)CC5)cccc4c3nc12)N1CCC(N2CCCCC2)CC1. The molecule has 4 aliphatic heterocycles. The van der Waals surface area contributed by atoms with Crippen molar-refractivity contribution in [3.63, 3.8) is 0 Å². The van der Waals surface area contributed by atoms with Crippen molar-refractivity contribution >= 4 is 39.5 Å². The van der Waals surface area contributed by atoms with Crippen LogP contribution in [0.25, 0.3) is 27.3 Å². The van der Waals surface area contributed by atoms with E-state index in [0.29, 0.717) is 55.4 Å². The fourth-order valence-electron chi connectivity index (χ4n) is 8.33. The number of hydrogen-bond acceptors (Lipinski definition) is 7. The molecular weight excluding hydrogens is 592 g/mol. The second-order valence-corrected chi connectivity index (χ2v) is 13.9. The molecule has 2 amide bonds. The summed E-state index contributed by atoms with van der Waals surface area (Å²) in [5.41, 5.74) is 2.24. The minimum atomic E-state index is -0.313. The van der Waals surface area contributed by atoms with Crippen LogP contribution in [0.2, 0.25) is 0 Å². The number of rotatable bonds is 4. The van der Waals surface area contributed by atoms with Gasteiger partial charge < -0.3 is 29.1 Å². The Morgan fingerprint density at radius 2 is 1.19 bits per heavy atom. The first kappa shape index (κ1) is 30.4. The van der Waals surface area contributed by atoms with Crippen molar-refractivity contribution in [3.8, 4) is 11.6 Å².